The van der Waals surface area contributed by atoms with Gasteiger partial charge in [0.05, 0.1) is 11.4 Å². The first-order valence-corrected chi connectivity index (χ1v) is 8.85. The van der Waals surface area contributed by atoms with Crippen LogP contribution >= 0.6 is 11.3 Å². The Balaban J connectivity index is 1.81. The highest BCUT2D eigenvalue weighted by Gasteiger charge is 2.33. The van der Waals surface area contributed by atoms with Gasteiger partial charge in [0, 0.05) is 23.9 Å². The first-order chi connectivity index (χ1) is 11.7. The van der Waals surface area contributed by atoms with Gasteiger partial charge in [-0.15, -0.1) is 11.3 Å². The van der Waals surface area contributed by atoms with E-state index in [2.05, 4.69) is 11.2 Å². The SMILES string of the molecule is Cn1nc(C(=O)N2CCC[C@@H]2c2cccs2)c2ccccc2c1=O. The van der Waals surface area contributed by atoms with Crippen LogP contribution in [0.3, 0.4) is 0 Å². The number of likely N-dealkylation sites (tertiary alicyclic amines) is 1. The Kier molecular flexibility index (Phi) is 3.69. The fourth-order valence-electron chi connectivity index (χ4n) is 3.38. The number of carbonyl (C=O) groups is 1. The average molecular weight is 339 g/mol. The number of aryl methyl sites for hydroxylation is 1. The number of aromatic nitrogens is 2. The average Bonchev–Trinajstić information content (AvgIpc) is 3.28. The van der Waals surface area contributed by atoms with E-state index < -0.39 is 0 Å². The van der Waals surface area contributed by atoms with Gasteiger partial charge < -0.3 is 4.90 Å². The number of nitrogens with zero attached hydrogens (tertiary/aromatic N) is 3. The van der Waals surface area contributed by atoms with Crippen LogP contribution in [0.1, 0.15) is 34.2 Å². The molecule has 1 aromatic carbocycles. The van der Waals surface area contributed by atoms with Crippen LogP contribution < -0.4 is 5.56 Å². The van der Waals surface area contributed by atoms with Crippen molar-refractivity contribution in [1.29, 1.82) is 0 Å². The van der Waals surface area contributed by atoms with Crippen LogP contribution in [0.25, 0.3) is 10.8 Å². The smallest absolute Gasteiger partial charge is 0.275 e. The largest absolute Gasteiger partial charge is 0.329 e. The summed E-state index contributed by atoms with van der Waals surface area (Å²) in [6, 6.07) is 11.4. The molecule has 24 heavy (non-hydrogen) atoms. The van der Waals surface area contributed by atoms with Gasteiger partial charge in [-0.25, -0.2) is 4.68 Å². The molecule has 1 fully saturated rings. The highest BCUT2D eigenvalue weighted by atomic mass is 32.1. The predicted molar refractivity (Wildman–Crippen MR) is 94.3 cm³/mol. The number of carbonyl (C=O) groups excluding carboxylic acids is 1. The molecule has 1 amide bonds. The second kappa shape index (κ2) is 5.87. The van der Waals surface area contributed by atoms with Crippen LogP contribution in [-0.4, -0.2) is 27.1 Å². The highest BCUT2D eigenvalue weighted by molar-refractivity contribution is 7.10. The monoisotopic (exact) mass is 339 g/mol. The molecule has 122 valence electrons. The van der Waals surface area contributed by atoms with Crippen molar-refractivity contribution in [2.24, 2.45) is 7.05 Å². The molecule has 0 unspecified atom stereocenters. The van der Waals surface area contributed by atoms with E-state index in [-0.39, 0.29) is 17.5 Å². The van der Waals surface area contributed by atoms with Gasteiger partial charge in [-0.3, -0.25) is 9.59 Å². The quantitative estimate of drug-likeness (QED) is 0.721. The molecule has 0 aliphatic carbocycles. The second-order valence-electron chi connectivity index (χ2n) is 5.99. The van der Waals surface area contributed by atoms with Gasteiger partial charge in [0.15, 0.2) is 5.69 Å². The number of amides is 1. The molecule has 1 aliphatic heterocycles. The molecule has 0 spiro atoms. The molecule has 3 aromatic rings. The summed E-state index contributed by atoms with van der Waals surface area (Å²) in [7, 11) is 1.59. The van der Waals surface area contributed by atoms with Gasteiger partial charge in [-0.05, 0) is 30.4 Å². The Morgan fingerprint density at radius 2 is 2.00 bits per heavy atom. The lowest BCUT2D eigenvalue weighted by atomic mass is 10.1. The van der Waals surface area contributed by atoms with E-state index in [1.54, 1.807) is 30.5 Å². The topological polar surface area (TPSA) is 55.2 Å². The van der Waals surface area contributed by atoms with E-state index in [1.165, 1.54) is 9.56 Å². The zero-order valence-electron chi connectivity index (χ0n) is 13.3. The van der Waals surface area contributed by atoms with Gasteiger partial charge in [0.2, 0.25) is 0 Å². The molecule has 1 saturated heterocycles. The summed E-state index contributed by atoms with van der Waals surface area (Å²) in [5.41, 5.74) is 0.175. The maximum absolute atomic E-state index is 13.2. The first kappa shape index (κ1) is 15.1. The third-order valence-corrected chi connectivity index (χ3v) is 5.52. The summed E-state index contributed by atoms with van der Waals surface area (Å²) >= 11 is 1.68. The highest BCUT2D eigenvalue weighted by Crippen LogP contribution is 2.35. The number of hydrogen-bond donors (Lipinski definition) is 0. The van der Waals surface area contributed by atoms with Crippen molar-refractivity contribution < 1.29 is 4.79 Å². The molecular weight excluding hydrogens is 322 g/mol. The lowest BCUT2D eigenvalue weighted by Gasteiger charge is -2.24. The number of benzene rings is 1. The van der Waals surface area contributed by atoms with Crippen molar-refractivity contribution in [1.82, 2.24) is 14.7 Å². The van der Waals surface area contributed by atoms with E-state index in [0.29, 0.717) is 16.5 Å². The zero-order chi connectivity index (χ0) is 16.7. The molecule has 5 nitrogen and oxygen atoms in total. The summed E-state index contributed by atoms with van der Waals surface area (Å²) in [4.78, 5) is 28.5. The molecule has 1 aliphatic rings. The lowest BCUT2D eigenvalue weighted by Crippen LogP contribution is -2.33. The Hall–Kier alpha value is -2.47. The minimum atomic E-state index is -0.182. The van der Waals surface area contributed by atoms with Crippen LogP contribution in [0.2, 0.25) is 0 Å². The molecule has 0 radical (unpaired) electrons. The number of hydrogen-bond acceptors (Lipinski definition) is 4. The molecule has 2 aromatic heterocycles. The van der Waals surface area contributed by atoms with Crippen LogP contribution in [0.4, 0.5) is 0 Å². The van der Waals surface area contributed by atoms with Crippen molar-refractivity contribution in [2.45, 2.75) is 18.9 Å². The summed E-state index contributed by atoms with van der Waals surface area (Å²) in [6.07, 6.45) is 1.95. The van der Waals surface area contributed by atoms with Crippen LogP contribution in [0.5, 0.6) is 0 Å². The summed E-state index contributed by atoms with van der Waals surface area (Å²) < 4.78 is 1.26. The van der Waals surface area contributed by atoms with E-state index >= 15 is 0 Å². The summed E-state index contributed by atoms with van der Waals surface area (Å²) in [5.74, 6) is -0.0994. The molecular formula is C18H17N3O2S. The van der Waals surface area contributed by atoms with E-state index in [4.69, 9.17) is 0 Å². The Labute approximate surface area is 143 Å². The Morgan fingerprint density at radius 1 is 1.21 bits per heavy atom. The Morgan fingerprint density at radius 3 is 2.75 bits per heavy atom. The van der Waals surface area contributed by atoms with Gasteiger partial charge in [-0.1, -0.05) is 24.3 Å². The minimum absolute atomic E-state index is 0.0994. The summed E-state index contributed by atoms with van der Waals surface area (Å²) in [6.45, 7) is 0.722. The fourth-order valence-corrected chi connectivity index (χ4v) is 4.25. The number of fused-ring (bicyclic) bond motifs is 1. The number of thiophene rings is 1. The first-order valence-electron chi connectivity index (χ1n) is 7.97. The number of rotatable bonds is 2. The Bertz CT molecular complexity index is 962. The van der Waals surface area contributed by atoms with Crippen molar-refractivity contribution >= 4 is 28.0 Å². The van der Waals surface area contributed by atoms with Crippen LogP contribution in [0.15, 0.2) is 46.6 Å². The minimum Gasteiger partial charge on any atom is -0.329 e. The van der Waals surface area contributed by atoms with Crippen molar-refractivity contribution in [3.05, 3.63) is 62.7 Å². The molecule has 3 heterocycles. The standard InChI is InChI=1S/C18H17N3O2S/c1-20-17(22)13-7-3-2-6-12(13)16(19-20)18(23)21-10-4-8-14(21)15-9-5-11-24-15/h2-3,5-7,9,11,14H,4,8,10H2,1H3/t14-/m1/s1. The van der Waals surface area contributed by atoms with Crippen LogP contribution in [-0.2, 0) is 7.05 Å². The predicted octanol–water partition coefficient (Wildman–Crippen LogP) is 2.97. The van der Waals surface area contributed by atoms with Crippen LogP contribution in [0, 0.1) is 0 Å². The molecule has 1 atom stereocenters. The molecule has 4 rings (SSSR count). The summed E-state index contributed by atoms with van der Waals surface area (Å²) in [5, 5.41) is 7.48. The van der Waals surface area contributed by atoms with Gasteiger partial charge >= 0.3 is 0 Å². The maximum Gasteiger partial charge on any atom is 0.275 e. The van der Waals surface area contributed by atoms with Gasteiger partial charge in [0.25, 0.3) is 11.5 Å². The normalized spacial score (nSPS) is 17.5. The van der Waals surface area contributed by atoms with Gasteiger partial charge in [0.1, 0.15) is 0 Å². The fraction of sp³-hybridized carbons (Fsp3) is 0.278. The third kappa shape index (κ3) is 2.34. The zero-order valence-corrected chi connectivity index (χ0v) is 14.1. The van der Waals surface area contributed by atoms with Crippen molar-refractivity contribution in [3.63, 3.8) is 0 Å². The van der Waals surface area contributed by atoms with E-state index in [0.717, 1.165) is 19.4 Å². The lowest BCUT2D eigenvalue weighted by molar-refractivity contribution is 0.0731. The maximum atomic E-state index is 13.2. The molecule has 6 heteroatoms. The van der Waals surface area contributed by atoms with Gasteiger partial charge in [-0.2, -0.15) is 5.10 Å². The second-order valence-corrected chi connectivity index (χ2v) is 6.97. The van der Waals surface area contributed by atoms with Crippen molar-refractivity contribution in [3.8, 4) is 0 Å². The molecule has 0 bridgehead atoms. The van der Waals surface area contributed by atoms with E-state index in [1.807, 2.05) is 28.5 Å². The van der Waals surface area contributed by atoms with E-state index in [9.17, 15) is 9.59 Å². The molecule has 0 N–H and O–H groups in total. The third-order valence-electron chi connectivity index (χ3n) is 4.54. The molecule has 0 saturated carbocycles. The van der Waals surface area contributed by atoms with Crippen molar-refractivity contribution in [2.75, 3.05) is 6.54 Å².